The third kappa shape index (κ3) is 4.01. The van der Waals surface area contributed by atoms with Gasteiger partial charge in [0.05, 0.1) is 57.5 Å². The first-order chi connectivity index (χ1) is 19.9. The monoisotopic (exact) mass is 525 g/mol. The van der Waals surface area contributed by atoms with Crippen LogP contribution in [0.25, 0.3) is 44.9 Å². The highest BCUT2D eigenvalue weighted by Crippen LogP contribution is 2.39. The Morgan fingerprint density at radius 1 is 0.683 bits per heavy atom. The molecule has 4 N–H and O–H groups in total. The van der Waals surface area contributed by atoms with Crippen LogP contribution >= 0.6 is 0 Å². The number of nitrogens with two attached hydrogens (primary N) is 1. The van der Waals surface area contributed by atoms with Crippen LogP contribution in [0.4, 0.5) is 5.69 Å². The van der Waals surface area contributed by atoms with E-state index in [-0.39, 0.29) is 11.4 Å². The highest BCUT2D eigenvalue weighted by Gasteiger charge is 2.28. The molecule has 0 spiro atoms. The van der Waals surface area contributed by atoms with E-state index in [1.807, 2.05) is 66.7 Å². The molecule has 1 aromatic heterocycles. The third-order valence-electron chi connectivity index (χ3n) is 7.19. The van der Waals surface area contributed by atoms with Gasteiger partial charge in [0.25, 0.3) is 0 Å². The molecule has 0 saturated carbocycles. The molecule has 0 fully saturated rings. The van der Waals surface area contributed by atoms with Crippen molar-refractivity contribution in [1.82, 2.24) is 4.98 Å². The molecule has 0 aliphatic heterocycles. The number of nitriles is 3. The van der Waals surface area contributed by atoms with E-state index in [1.165, 1.54) is 6.07 Å². The first-order valence-electron chi connectivity index (χ1n) is 12.6. The summed E-state index contributed by atoms with van der Waals surface area (Å²) in [7, 11) is 0. The van der Waals surface area contributed by atoms with Crippen molar-refractivity contribution in [3.05, 3.63) is 118 Å². The molecule has 0 unspecified atom stereocenters. The second-order valence-corrected chi connectivity index (χ2v) is 9.52. The standard InChI is InChI=1S/C34H19N7/c35-16-19-13-23(18-37)30(28(38)14-19)20-9-11-21(12-10-20)34-27-15-26(24-6-2-1-5-22(24)17-36)32(39)33(40)31(27)25-7-3-4-8-29(25)41-34/h1-15,39-40H,38H2. The van der Waals surface area contributed by atoms with Gasteiger partial charge in [0.1, 0.15) is 0 Å². The third-order valence-corrected chi connectivity index (χ3v) is 7.19. The summed E-state index contributed by atoms with van der Waals surface area (Å²) in [6.07, 6.45) is 1.85. The highest BCUT2D eigenvalue weighted by atomic mass is 14.7. The summed E-state index contributed by atoms with van der Waals surface area (Å²) >= 11 is 0. The van der Waals surface area contributed by atoms with Crippen LogP contribution in [-0.4, -0.2) is 16.4 Å². The van der Waals surface area contributed by atoms with Crippen LogP contribution < -0.4 is 5.73 Å². The Balaban J connectivity index is 1.58. The molecule has 190 valence electrons. The second-order valence-electron chi connectivity index (χ2n) is 9.52. The number of fused-ring (bicyclic) bond motifs is 3. The summed E-state index contributed by atoms with van der Waals surface area (Å²) in [6.45, 7) is 0. The molecule has 1 aliphatic rings. The van der Waals surface area contributed by atoms with Crippen molar-refractivity contribution >= 4 is 39.7 Å². The number of allylic oxidation sites excluding steroid dienone is 1. The Morgan fingerprint density at radius 3 is 2.10 bits per heavy atom. The van der Waals surface area contributed by atoms with Gasteiger partial charge in [0.15, 0.2) is 0 Å². The van der Waals surface area contributed by atoms with Crippen molar-refractivity contribution in [1.29, 1.82) is 26.6 Å². The van der Waals surface area contributed by atoms with Crippen LogP contribution in [-0.2, 0) is 0 Å². The molecular formula is C34H19N7. The number of nitrogens with zero attached hydrogens (tertiary/aromatic N) is 4. The summed E-state index contributed by atoms with van der Waals surface area (Å²) in [5, 5.41) is 47.4. The number of rotatable bonds is 3. The summed E-state index contributed by atoms with van der Waals surface area (Å²) in [5.74, 6) is 0. The average molecular weight is 526 g/mol. The lowest BCUT2D eigenvalue weighted by Crippen LogP contribution is -2.22. The second kappa shape index (κ2) is 9.75. The summed E-state index contributed by atoms with van der Waals surface area (Å²) in [6, 6.07) is 31.5. The fraction of sp³-hybridized carbons (Fsp3) is 0. The van der Waals surface area contributed by atoms with Crippen molar-refractivity contribution in [2.45, 2.75) is 0 Å². The Kier molecular flexibility index (Phi) is 5.93. The zero-order valence-corrected chi connectivity index (χ0v) is 21.5. The van der Waals surface area contributed by atoms with Gasteiger partial charge >= 0.3 is 0 Å². The number of pyridine rings is 1. The lowest BCUT2D eigenvalue weighted by molar-refractivity contribution is 1.36. The van der Waals surface area contributed by atoms with Crippen LogP contribution in [0.2, 0.25) is 0 Å². The summed E-state index contributed by atoms with van der Waals surface area (Å²) in [4.78, 5) is 4.98. The zero-order valence-electron chi connectivity index (χ0n) is 21.5. The molecular weight excluding hydrogens is 506 g/mol. The largest absolute Gasteiger partial charge is 0.398 e. The van der Waals surface area contributed by atoms with E-state index in [0.717, 1.165) is 16.5 Å². The van der Waals surface area contributed by atoms with E-state index in [2.05, 4.69) is 12.1 Å². The lowest BCUT2D eigenvalue weighted by Gasteiger charge is -2.23. The normalized spacial score (nSPS) is 12.2. The van der Waals surface area contributed by atoms with Gasteiger partial charge in [-0.05, 0) is 35.9 Å². The maximum absolute atomic E-state index is 9.72. The maximum Gasteiger partial charge on any atom is 0.0999 e. The fourth-order valence-corrected chi connectivity index (χ4v) is 5.29. The van der Waals surface area contributed by atoms with Crippen LogP contribution in [0.15, 0.2) is 84.9 Å². The van der Waals surface area contributed by atoms with Gasteiger partial charge in [0, 0.05) is 44.5 Å². The molecule has 0 amide bonds. The number of hydrogen-bond acceptors (Lipinski definition) is 7. The molecule has 5 aromatic rings. The molecule has 1 aliphatic carbocycles. The first-order valence-corrected chi connectivity index (χ1v) is 12.6. The molecule has 7 nitrogen and oxygen atoms in total. The molecule has 0 bridgehead atoms. The minimum absolute atomic E-state index is 0.0400. The Bertz CT molecular complexity index is 2120. The number of nitrogen functional groups attached to an aromatic ring is 1. The number of hydrogen-bond donors (Lipinski definition) is 3. The molecule has 41 heavy (non-hydrogen) atoms. The molecule has 6 rings (SSSR count). The quantitative estimate of drug-likeness (QED) is 0.223. The molecule has 1 heterocycles. The van der Waals surface area contributed by atoms with Gasteiger partial charge in [-0.15, -0.1) is 0 Å². The van der Waals surface area contributed by atoms with Crippen LogP contribution in [0.3, 0.4) is 0 Å². The Hall–Kier alpha value is -6.36. The smallest absolute Gasteiger partial charge is 0.0999 e. The predicted molar refractivity (Wildman–Crippen MR) is 160 cm³/mol. The van der Waals surface area contributed by atoms with Gasteiger partial charge < -0.3 is 5.73 Å². The molecule has 7 heteroatoms. The van der Waals surface area contributed by atoms with Gasteiger partial charge in [-0.2, -0.15) is 15.8 Å². The minimum atomic E-state index is 0.0400. The Labute approximate surface area is 235 Å². The SMILES string of the molecule is N#Cc1cc(N)c(-c2ccc(-c3nc4ccccc4c4c3C=C(c3ccccc3C#N)C(=N)C4=N)cc2)c(C#N)c1. The number of para-hydroxylation sites is 1. The minimum Gasteiger partial charge on any atom is -0.398 e. The lowest BCUT2D eigenvalue weighted by atomic mass is 9.81. The van der Waals surface area contributed by atoms with Crippen molar-refractivity contribution in [2.75, 3.05) is 5.73 Å². The van der Waals surface area contributed by atoms with E-state index >= 15 is 0 Å². The Morgan fingerprint density at radius 2 is 1.37 bits per heavy atom. The summed E-state index contributed by atoms with van der Waals surface area (Å²) < 4.78 is 0. The summed E-state index contributed by atoms with van der Waals surface area (Å²) in [5.41, 5.74) is 13.5. The van der Waals surface area contributed by atoms with E-state index < -0.39 is 0 Å². The van der Waals surface area contributed by atoms with E-state index in [1.54, 1.807) is 24.3 Å². The van der Waals surface area contributed by atoms with Crippen molar-refractivity contribution in [2.24, 2.45) is 0 Å². The van der Waals surface area contributed by atoms with Gasteiger partial charge in [-0.3, -0.25) is 10.8 Å². The molecule has 0 atom stereocenters. The predicted octanol–water partition coefficient (Wildman–Crippen LogP) is 6.71. The van der Waals surface area contributed by atoms with E-state index in [9.17, 15) is 15.8 Å². The molecule has 0 radical (unpaired) electrons. The van der Waals surface area contributed by atoms with Gasteiger partial charge in [0.2, 0.25) is 0 Å². The van der Waals surface area contributed by atoms with Crippen molar-refractivity contribution in [3.8, 4) is 40.6 Å². The van der Waals surface area contributed by atoms with Gasteiger partial charge in [-0.25, -0.2) is 4.98 Å². The molecule has 4 aromatic carbocycles. The van der Waals surface area contributed by atoms with Crippen LogP contribution in [0, 0.1) is 44.8 Å². The number of benzene rings is 4. The maximum atomic E-state index is 9.72. The van der Waals surface area contributed by atoms with Gasteiger partial charge in [-0.1, -0.05) is 60.7 Å². The number of aromatic nitrogens is 1. The van der Waals surface area contributed by atoms with Crippen molar-refractivity contribution < 1.29 is 0 Å². The van der Waals surface area contributed by atoms with Crippen LogP contribution in [0.1, 0.15) is 33.4 Å². The molecule has 0 saturated heterocycles. The fourth-order valence-electron chi connectivity index (χ4n) is 5.29. The van der Waals surface area contributed by atoms with Crippen molar-refractivity contribution in [3.63, 3.8) is 0 Å². The van der Waals surface area contributed by atoms with E-state index in [0.29, 0.717) is 61.4 Å². The van der Waals surface area contributed by atoms with E-state index in [4.69, 9.17) is 21.5 Å². The topological polar surface area (TPSA) is 158 Å². The zero-order chi connectivity index (χ0) is 28.7. The number of nitrogens with one attached hydrogen (secondary N) is 2. The number of anilines is 1. The highest BCUT2D eigenvalue weighted by molar-refractivity contribution is 6.64. The first kappa shape index (κ1) is 24.9. The van der Waals surface area contributed by atoms with Crippen LogP contribution in [0.5, 0.6) is 0 Å². The average Bonchev–Trinajstić information content (AvgIpc) is 3.01.